The Hall–Kier alpha value is -0.640. The average molecular weight is 268 g/mol. The van der Waals surface area contributed by atoms with Gasteiger partial charge in [0.05, 0.1) is 10.9 Å². The van der Waals surface area contributed by atoms with Gasteiger partial charge in [-0.25, -0.2) is 0 Å². The minimum Gasteiger partial charge on any atom is -0.393 e. The standard InChI is InChI=1S/C14H24N2OS/c1-2-11(13(15)18)14(17)16-9-5-7-10-6-3-4-8-12(10)16/h10-12H,2-9H2,1H3,(H2,15,18)/t10-,11?,12-/m1/s1. The van der Waals surface area contributed by atoms with E-state index in [1.165, 1.54) is 32.1 Å². The van der Waals surface area contributed by atoms with Crippen LogP contribution in [0.4, 0.5) is 0 Å². The van der Waals surface area contributed by atoms with Gasteiger partial charge in [0, 0.05) is 12.6 Å². The molecule has 2 fully saturated rings. The van der Waals surface area contributed by atoms with E-state index >= 15 is 0 Å². The molecule has 2 aliphatic rings. The number of carbonyl (C=O) groups is 1. The molecule has 0 radical (unpaired) electrons. The van der Waals surface area contributed by atoms with Crippen molar-refractivity contribution in [1.29, 1.82) is 0 Å². The summed E-state index contributed by atoms with van der Waals surface area (Å²) in [7, 11) is 0. The van der Waals surface area contributed by atoms with Gasteiger partial charge in [0.2, 0.25) is 5.91 Å². The average Bonchev–Trinajstić information content (AvgIpc) is 2.38. The first-order chi connectivity index (χ1) is 8.65. The number of piperidine rings is 1. The molecule has 1 saturated heterocycles. The zero-order valence-electron chi connectivity index (χ0n) is 11.2. The number of carbonyl (C=O) groups excluding carboxylic acids is 1. The van der Waals surface area contributed by atoms with E-state index in [2.05, 4.69) is 4.90 Å². The number of hydrogen-bond donors (Lipinski definition) is 1. The second-order valence-corrected chi connectivity index (χ2v) is 6.12. The molecule has 1 saturated carbocycles. The fourth-order valence-corrected chi connectivity index (χ4v) is 3.86. The van der Waals surface area contributed by atoms with Gasteiger partial charge in [-0.15, -0.1) is 0 Å². The van der Waals surface area contributed by atoms with Crippen LogP contribution in [-0.4, -0.2) is 28.4 Å². The largest absolute Gasteiger partial charge is 0.393 e. The van der Waals surface area contributed by atoms with Gasteiger partial charge in [-0.05, 0) is 38.0 Å². The summed E-state index contributed by atoms with van der Waals surface area (Å²) < 4.78 is 0. The molecule has 102 valence electrons. The van der Waals surface area contributed by atoms with E-state index in [9.17, 15) is 4.79 Å². The number of fused-ring (bicyclic) bond motifs is 1. The number of thiocarbonyl (C=S) groups is 1. The third-order valence-electron chi connectivity index (χ3n) is 4.58. The lowest BCUT2D eigenvalue weighted by atomic mass is 9.78. The summed E-state index contributed by atoms with van der Waals surface area (Å²) in [6.45, 7) is 2.89. The molecule has 0 aromatic rings. The molecule has 1 aliphatic carbocycles. The lowest BCUT2D eigenvalue weighted by Crippen LogP contribution is -2.53. The molecule has 1 unspecified atom stereocenters. The molecular formula is C14H24N2OS. The molecule has 0 bridgehead atoms. The second-order valence-electron chi connectivity index (χ2n) is 5.65. The minimum absolute atomic E-state index is 0.182. The van der Waals surface area contributed by atoms with Crippen molar-refractivity contribution in [3.63, 3.8) is 0 Å². The molecule has 3 nitrogen and oxygen atoms in total. The third-order valence-corrected chi connectivity index (χ3v) is 4.86. The Morgan fingerprint density at radius 2 is 2.00 bits per heavy atom. The van der Waals surface area contributed by atoms with Crippen molar-refractivity contribution in [2.45, 2.75) is 57.9 Å². The van der Waals surface area contributed by atoms with E-state index < -0.39 is 0 Å². The van der Waals surface area contributed by atoms with Crippen molar-refractivity contribution in [3.05, 3.63) is 0 Å². The highest BCUT2D eigenvalue weighted by Crippen LogP contribution is 2.36. The van der Waals surface area contributed by atoms with Crippen LogP contribution in [-0.2, 0) is 4.79 Å². The molecule has 18 heavy (non-hydrogen) atoms. The van der Waals surface area contributed by atoms with E-state index in [1.54, 1.807) is 0 Å². The maximum absolute atomic E-state index is 12.6. The minimum atomic E-state index is -0.249. The van der Waals surface area contributed by atoms with E-state index in [-0.39, 0.29) is 11.8 Å². The molecule has 1 amide bonds. The Bertz CT molecular complexity index is 330. The Labute approximate surface area is 115 Å². The first kappa shape index (κ1) is 13.8. The molecule has 1 aliphatic heterocycles. The molecule has 2 N–H and O–H groups in total. The summed E-state index contributed by atoms with van der Waals surface area (Å²) in [6.07, 6.45) is 8.20. The smallest absolute Gasteiger partial charge is 0.232 e. The quantitative estimate of drug-likeness (QED) is 0.800. The summed E-state index contributed by atoms with van der Waals surface area (Å²) in [4.78, 5) is 15.0. The Balaban J connectivity index is 2.10. The number of rotatable bonds is 3. The van der Waals surface area contributed by atoms with Crippen LogP contribution >= 0.6 is 12.2 Å². The highest BCUT2D eigenvalue weighted by atomic mass is 32.1. The van der Waals surface area contributed by atoms with Crippen molar-refractivity contribution in [2.75, 3.05) is 6.54 Å². The van der Waals surface area contributed by atoms with Crippen LogP contribution in [0, 0.1) is 11.8 Å². The number of hydrogen-bond acceptors (Lipinski definition) is 2. The van der Waals surface area contributed by atoms with Crippen molar-refractivity contribution in [3.8, 4) is 0 Å². The van der Waals surface area contributed by atoms with Crippen LogP contribution < -0.4 is 5.73 Å². The molecule has 0 spiro atoms. The van der Waals surface area contributed by atoms with Gasteiger partial charge in [-0.1, -0.05) is 32.0 Å². The fraction of sp³-hybridized carbons (Fsp3) is 0.857. The highest BCUT2D eigenvalue weighted by Gasteiger charge is 2.38. The van der Waals surface area contributed by atoms with Crippen LogP contribution in [0.3, 0.4) is 0 Å². The van der Waals surface area contributed by atoms with Crippen LogP contribution in [0.25, 0.3) is 0 Å². The number of amides is 1. The first-order valence-corrected chi connectivity index (χ1v) is 7.65. The lowest BCUT2D eigenvalue weighted by molar-refractivity contribution is -0.139. The second kappa shape index (κ2) is 6.00. The summed E-state index contributed by atoms with van der Waals surface area (Å²) in [5, 5.41) is 0. The maximum Gasteiger partial charge on any atom is 0.232 e. The zero-order valence-corrected chi connectivity index (χ0v) is 12.0. The van der Waals surface area contributed by atoms with E-state index in [4.69, 9.17) is 18.0 Å². The van der Waals surface area contributed by atoms with E-state index in [1.807, 2.05) is 6.92 Å². The topological polar surface area (TPSA) is 46.3 Å². The van der Waals surface area contributed by atoms with Crippen molar-refractivity contribution in [2.24, 2.45) is 17.6 Å². The summed E-state index contributed by atoms with van der Waals surface area (Å²) in [5.74, 6) is 0.655. The van der Waals surface area contributed by atoms with Gasteiger partial charge < -0.3 is 10.6 Å². The van der Waals surface area contributed by atoms with Crippen LogP contribution in [0.2, 0.25) is 0 Å². The summed E-state index contributed by atoms with van der Waals surface area (Å²) in [6, 6.07) is 0.461. The Morgan fingerprint density at radius 3 is 2.67 bits per heavy atom. The number of nitrogens with two attached hydrogens (primary N) is 1. The third kappa shape index (κ3) is 2.68. The monoisotopic (exact) mass is 268 g/mol. The van der Waals surface area contributed by atoms with Gasteiger partial charge in [-0.2, -0.15) is 0 Å². The summed E-state index contributed by atoms with van der Waals surface area (Å²) >= 11 is 5.04. The molecule has 4 heteroatoms. The lowest BCUT2D eigenvalue weighted by Gasteiger charge is -2.45. The molecular weight excluding hydrogens is 244 g/mol. The van der Waals surface area contributed by atoms with Gasteiger partial charge in [0.15, 0.2) is 0 Å². The van der Waals surface area contributed by atoms with Crippen molar-refractivity contribution in [1.82, 2.24) is 4.90 Å². The summed E-state index contributed by atoms with van der Waals surface area (Å²) in [5.41, 5.74) is 5.71. The van der Waals surface area contributed by atoms with Gasteiger partial charge in [0.25, 0.3) is 0 Å². The predicted octanol–water partition coefficient (Wildman–Crippen LogP) is 2.48. The van der Waals surface area contributed by atoms with Crippen molar-refractivity contribution < 1.29 is 4.79 Å². The van der Waals surface area contributed by atoms with Gasteiger partial charge in [0.1, 0.15) is 0 Å². The van der Waals surface area contributed by atoms with Crippen LogP contribution in [0.5, 0.6) is 0 Å². The molecule has 3 atom stereocenters. The maximum atomic E-state index is 12.6. The van der Waals surface area contributed by atoms with Gasteiger partial charge in [-0.3, -0.25) is 4.79 Å². The van der Waals surface area contributed by atoms with Crippen LogP contribution in [0.15, 0.2) is 0 Å². The van der Waals surface area contributed by atoms with Gasteiger partial charge >= 0.3 is 0 Å². The molecule has 2 rings (SSSR count). The number of nitrogens with zero attached hydrogens (tertiary/aromatic N) is 1. The van der Waals surface area contributed by atoms with Crippen LogP contribution in [0.1, 0.15) is 51.9 Å². The van der Waals surface area contributed by atoms with Crippen molar-refractivity contribution >= 4 is 23.1 Å². The Morgan fingerprint density at radius 1 is 1.33 bits per heavy atom. The first-order valence-electron chi connectivity index (χ1n) is 7.25. The normalized spacial score (nSPS) is 29.5. The highest BCUT2D eigenvalue weighted by molar-refractivity contribution is 7.80. The Kier molecular flexibility index (Phi) is 4.60. The van der Waals surface area contributed by atoms with E-state index in [0.717, 1.165) is 25.3 Å². The molecule has 0 aromatic heterocycles. The SMILES string of the molecule is CCC(C(=O)N1CCC[C@H]2CCCC[C@H]21)C(N)=S. The predicted molar refractivity (Wildman–Crippen MR) is 77.3 cm³/mol. The zero-order chi connectivity index (χ0) is 13.1. The molecule has 1 heterocycles. The molecule has 0 aromatic carbocycles. The fourth-order valence-electron chi connectivity index (χ4n) is 3.60. The van der Waals surface area contributed by atoms with E-state index in [0.29, 0.717) is 11.0 Å². The number of likely N-dealkylation sites (tertiary alicyclic amines) is 1.